The lowest BCUT2D eigenvalue weighted by molar-refractivity contribution is 0.281. The number of halogens is 1. The molecule has 6 heteroatoms. The van der Waals surface area contributed by atoms with Crippen LogP contribution in [0.25, 0.3) is 0 Å². The van der Waals surface area contributed by atoms with E-state index in [-0.39, 0.29) is 6.61 Å². The number of benzene rings is 1. The Bertz CT molecular complexity index is 501. The van der Waals surface area contributed by atoms with Crippen molar-refractivity contribution in [2.75, 3.05) is 0 Å². The van der Waals surface area contributed by atoms with E-state index in [4.69, 9.17) is 9.52 Å². The number of aryl methyl sites for hydroxylation is 1. The number of nitrogens with zero attached hydrogens (tertiary/aromatic N) is 2. The number of hydrogen-bond donors (Lipinski definition) is 1. The van der Waals surface area contributed by atoms with Crippen molar-refractivity contribution in [3.63, 3.8) is 0 Å². The Labute approximate surface area is 95.5 Å². The van der Waals surface area contributed by atoms with Crippen molar-refractivity contribution in [1.82, 2.24) is 10.2 Å². The third-order valence-electron chi connectivity index (χ3n) is 1.88. The van der Waals surface area contributed by atoms with Gasteiger partial charge in [-0.2, -0.15) is 0 Å². The van der Waals surface area contributed by atoms with Crippen molar-refractivity contribution in [3.8, 4) is 0 Å². The zero-order chi connectivity index (χ0) is 11.5. The number of rotatable bonds is 3. The summed E-state index contributed by atoms with van der Waals surface area (Å²) in [6.07, 6.45) is 0. The van der Waals surface area contributed by atoms with Crippen LogP contribution >= 0.6 is 11.8 Å². The smallest absolute Gasteiger partial charge is 0.281 e. The number of aromatic nitrogens is 2. The Hall–Kier alpha value is -1.40. The van der Waals surface area contributed by atoms with Crippen LogP contribution in [0.4, 0.5) is 4.39 Å². The Balaban J connectivity index is 2.21. The minimum Gasteiger partial charge on any atom is -0.416 e. The first kappa shape index (κ1) is 11.1. The molecule has 0 aliphatic rings. The maximum Gasteiger partial charge on any atom is 0.281 e. The van der Waals surface area contributed by atoms with Gasteiger partial charge < -0.3 is 9.52 Å². The van der Waals surface area contributed by atoms with Gasteiger partial charge in [-0.3, -0.25) is 0 Å². The summed E-state index contributed by atoms with van der Waals surface area (Å²) < 4.78 is 18.6. The highest BCUT2D eigenvalue weighted by molar-refractivity contribution is 7.99. The lowest BCUT2D eigenvalue weighted by Crippen LogP contribution is -1.87. The summed E-state index contributed by atoms with van der Waals surface area (Å²) in [7, 11) is 0. The molecule has 16 heavy (non-hydrogen) atoms. The van der Waals surface area contributed by atoms with E-state index in [9.17, 15) is 4.39 Å². The highest BCUT2D eigenvalue weighted by Crippen LogP contribution is 2.29. The molecule has 1 N–H and O–H groups in total. The van der Waals surface area contributed by atoms with Gasteiger partial charge in [0.1, 0.15) is 5.82 Å². The molecule has 0 aliphatic heterocycles. The van der Waals surface area contributed by atoms with Gasteiger partial charge in [-0.05, 0) is 29.5 Å². The Morgan fingerprint density at radius 2 is 2.25 bits per heavy atom. The van der Waals surface area contributed by atoms with Gasteiger partial charge in [0.25, 0.3) is 5.22 Å². The summed E-state index contributed by atoms with van der Waals surface area (Å²) in [5, 5.41) is 16.5. The largest absolute Gasteiger partial charge is 0.416 e. The standard InChI is InChI=1S/C10H9FN2O2S/c1-6-12-13-10(15-6)16-9-3-2-7(5-14)4-8(9)11/h2-4,14H,5H2,1H3. The molecule has 0 saturated heterocycles. The summed E-state index contributed by atoms with van der Waals surface area (Å²) in [4.78, 5) is 0.390. The normalized spacial score (nSPS) is 10.7. The maximum absolute atomic E-state index is 13.5. The van der Waals surface area contributed by atoms with E-state index >= 15 is 0 Å². The predicted octanol–water partition coefficient (Wildman–Crippen LogP) is 2.16. The molecule has 0 spiro atoms. The Kier molecular flexibility index (Phi) is 3.21. The van der Waals surface area contributed by atoms with Crippen LogP contribution in [0.3, 0.4) is 0 Å². The van der Waals surface area contributed by atoms with Gasteiger partial charge in [0.05, 0.1) is 11.5 Å². The van der Waals surface area contributed by atoms with Crippen LogP contribution in [-0.4, -0.2) is 15.3 Å². The zero-order valence-corrected chi connectivity index (χ0v) is 9.29. The van der Waals surface area contributed by atoms with E-state index in [2.05, 4.69) is 10.2 Å². The molecule has 0 atom stereocenters. The van der Waals surface area contributed by atoms with Gasteiger partial charge in [0.15, 0.2) is 0 Å². The van der Waals surface area contributed by atoms with Gasteiger partial charge >= 0.3 is 0 Å². The second-order valence-electron chi connectivity index (χ2n) is 3.11. The summed E-state index contributed by atoms with van der Waals surface area (Å²) >= 11 is 1.06. The fourth-order valence-corrected chi connectivity index (χ4v) is 1.86. The van der Waals surface area contributed by atoms with Gasteiger partial charge in [0.2, 0.25) is 5.89 Å². The molecule has 84 valence electrons. The molecular formula is C10H9FN2O2S. The highest BCUT2D eigenvalue weighted by atomic mass is 32.2. The average Bonchev–Trinajstić information content (AvgIpc) is 2.67. The SMILES string of the molecule is Cc1nnc(Sc2ccc(CO)cc2F)o1. The van der Waals surface area contributed by atoms with Gasteiger partial charge in [-0.25, -0.2) is 4.39 Å². The molecule has 0 aliphatic carbocycles. The first-order valence-corrected chi connectivity index (χ1v) is 5.38. The quantitative estimate of drug-likeness (QED) is 0.890. The molecular weight excluding hydrogens is 231 g/mol. The van der Waals surface area contributed by atoms with E-state index in [0.29, 0.717) is 21.6 Å². The van der Waals surface area contributed by atoms with Crippen LogP contribution in [-0.2, 0) is 6.61 Å². The van der Waals surface area contributed by atoms with Crippen LogP contribution in [0.5, 0.6) is 0 Å². The fourth-order valence-electron chi connectivity index (χ4n) is 1.14. The van der Waals surface area contributed by atoms with Gasteiger partial charge in [0, 0.05) is 6.92 Å². The molecule has 1 aromatic carbocycles. The maximum atomic E-state index is 13.5. The second-order valence-corrected chi connectivity index (χ2v) is 4.11. The van der Waals surface area contributed by atoms with Crippen molar-refractivity contribution in [3.05, 3.63) is 35.5 Å². The average molecular weight is 240 g/mol. The summed E-state index contributed by atoms with van der Waals surface area (Å²) in [5.41, 5.74) is 0.531. The van der Waals surface area contributed by atoms with Crippen LogP contribution in [0.15, 0.2) is 32.7 Å². The monoisotopic (exact) mass is 240 g/mol. The molecule has 0 saturated carbocycles. The number of hydrogen-bond acceptors (Lipinski definition) is 5. The van der Waals surface area contributed by atoms with Crippen molar-refractivity contribution in [2.24, 2.45) is 0 Å². The molecule has 2 aromatic rings. The molecule has 0 radical (unpaired) electrons. The van der Waals surface area contributed by atoms with Crippen LogP contribution in [0, 0.1) is 12.7 Å². The summed E-state index contributed by atoms with van der Waals surface area (Å²) in [6.45, 7) is 1.49. The van der Waals surface area contributed by atoms with Crippen molar-refractivity contribution >= 4 is 11.8 Å². The Morgan fingerprint density at radius 1 is 1.44 bits per heavy atom. The zero-order valence-electron chi connectivity index (χ0n) is 8.48. The third-order valence-corrected chi connectivity index (χ3v) is 2.77. The van der Waals surface area contributed by atoms with E-state index < -0.39 is 5.82 Å². The van der Waals surface area contributed by atoms with Gasteiger partial charge in [-0.1, -0.05) is 6.07 Å². The minimum absolute atomic E-state index is 0.179. The number of aliphatic hydroxyl groups is 1. The molecule has 0 fully saturated rings. The lowest BCUT2D eigenvalue weighted by atomic mass is 10.2. The summed E-state index contributed by atoms with van der Waals surface area (Å²) in [6, 6.07) is 4.51. The van der Waals surface area contributed by atoms with E-state index in [0.717, 1.165) is 11.8 Å². The highest BCUT2D eigenvalue weighted by Gasteiger charge is 2.09. The molecule has 1 heterocycles. The van der Waals surface area contributed by atoms with Crippen molar-refractivity contribution in [1.29, 1.82) is 0 Å². The summed E-state index contributed by atoms with van der Waals surface area (Å²) in [5.74, 6) is 0.0299. The molecule has 4 nitrogen and oxygen atoms in total. The molecule has 2 rings (SSSR count). The van der Waals surface area contributed by atoms with Crippen LogP contribution < -0.4 is 0 Å². The fraction of sp³-hybridized carbons (Fsp3) is 0.200. The molecule has 0 amide bonds. The Morgan fingerprint density at radius 3 is 2.81 bits per heavy atom. The first-order valence-electron chi connectivity index (χ1n) is 4.56. The predicted molar refractivity (Wildman–Crippen MR) is 55.5 cm³/mol. The van der Waals surface area contributed by atoms with Crippen LogP contribution in [0.1, 0.15) is 11.5 Å². The van der Waals surface area contributed by atoms with Crippen molar-refractivity contribution in [2.45, 2.75) is 23.6 Å². The molecule has 0 bridgehead atoms. The van der Waals surface area contributed by atoms with E-state index in [1.54, 1.807) is 19.1 Å². The van der Waals surface area contributed by atoms with Crippen molar-refractivity contribution < 1.29 is 13.9 Å². The third kappa shape index (κ3) is 2.40. The minimum atomic E-state index is -0.410. The van der Waals surface area contributed by atoms with Gasteiger partial charge in [-0.15, -0.1) is 10.2 Å². The topological polar surface area (TPSA) is 59.2 Å². The second kappa shape index (κ2) is 4.63. The first-order chi connectivity index (χ1) is 7.69. The lowest BCUT2D eigenvalue weighted by Gasteiger charge is -2.01. The van der Waals surface area contributed by atoms with E-state index in [1.807, 2.05) is 0 Å². The van der Waals surface area contributed by atoms with E-state index in [1.165, 1.54) is 6.07 Å². The number of aliphatic hydroxyl groups excluding tert-OH is 1. The molecule has 0 unspecified atom stereocenters. The van der Waals surface area contributed by atoms with Crippen LogP contribution in [0.2, 0.25) is 0 Å². The molecule has 1 aromatic heterocycles.